The molecule has 32 heavy (non-hydrogen) atoms. The van der Waals surface area contributed by atoms with Crippen molar-refractivity contribution in [2.24, 2.45) is 0 Å². The molecule has 3 rings (SSSR count). The summed E-state index contributed by atoms with van der Waals surface area (Å²) in [6, 6.07) is 16.5. The van der Waals surface area contributed by atoms with E-state index >= 15 is 0 Å². The Morgan fingerprint density at radius 2 is 1.47 bits per heavy atom. The van der Waals surface area contributed by atoms with E-state index in [2.05, 4.69) is 10.0 Å². The lowest BCUT2D eigenvalue weighted by Gasteiger charge is -2.21. The summed E-state index contributed by atoms with van der Waals surface area (Å²) < 4.78 is 29.3. The molecule has 0 saturated carbocycles. The number of amides is 1. The Bertz CT molecular complexity index is 1200. The highest BCUT2D eigenvalue weighted by molar-refractivity contribution is 7.89. The predicted octanol–water partition coefficient (Wildman–Crippen LogP) is 5.45. The Kier molecular flexibility index (Phi) is 7.62. The number of para-hydroxylation sites is 1. The van der Waals surface area contributed by atoms with Crippen LogP contribution in [0.3, 0.4) is 0 Å². The summed E-state index contributed by atoms with van der Waals surface area (Å²) in [5, 5.41) is 3.20. The number of benzene rings is 3. The average Bonchev–Trinajstić information content (AvgIpc) is 2.69. The van der Waals surface area contributed by atoms with E-state index in [0.29, 0.717) is 11.1 Å². The first-order valence-electron chi connectivity index (χ1n) is 9.97. The molecule has 8 heteroatoms. The summed E-state index contributed by atoms with van der Waals surface area (Å²) in [6.07, 6.45) is 0.151. The largest absolute Gasteiger partial charge is 0.322 e. The Labute approximate surface area is 198 Å². The summed E-state index contributed by atoms with van der Waals surface area (Å²) >= 11 is 12.4. The number of nitrogens with one attached hydrogen (secondary N) is 2. The molecule has 0 spiro atoms. The molecular weight excluding hydrogens is 467 g/mol. The van der Waals surface area contributed by atoms with Crippen molar-refractivity contribution in [3.63, 3.8) is 0 Å². The van der Waals surface area contributed by atoms with Crippen LogP contribution in [-0.4, -0.2) is 20.4 Å². The van der Waals surface area contributed by atoms with E-state index in [0.717, 1.165) is 11.1 Å². The van der Waals surface area contributed by atoms with Gasteiger partial charge in [-0.05, 0) is 56.0 Å². The topological polar surface area (TPSA) is 75.3 Å². The highest BCUT2D eigenvalue weighted by atomic mass is 35.5. The molecule has 5 nitrogen and oxygen atoms in total. The summed E-state index contributed by atoms with van der Waals surface area (Å²) in [6.45, 7) is 5.39. The van der Waals surface area contributed by atoms with Crippen molar-refractivity contribution in [2.45, 2.75) is 38.1 Å². The van der Waals surface area contributed by atoms with Crippen LogP contribution in [0.1, 0.15) is 22.3 Å². The number of anilines is 1. The van der Waals surface area contributed by atoms with Gasteiger partial charge in [-0.1, -0.05) is 77.3 Å². The molecule has 0 bridgehead atoms. The number of hydrogen-bond donors (Lipinski definition) is 2. The van der Waals surface area contributed by atoms with Gasteiger partial charge in [-0.15, -0.1) is 0 Å². The van der Waals surface area contributed by atoms with Crippen LogP contribution >= 0.6 is 23.2 Å². The highest BCUT2D eigenvalue weighted by Crippen LogP contribution is 2.30. The van der Waals surface area contributed by atoms with E-state index in [-0.39, 0.29) is 27.0 Å². The van der Waals surface area contributed by atoms with Gasteiger partial charge in [0.1, 0.15) is 6.04 Å². The molecule has 2 N–H and O–H groups in total. The molecule has 0 fully saturated rings. The molecule has 0 unspecified atom stereocenters. The van der Waals surface area contributed by atoms with Crippen molar-refractivity contribution in [2.75, 3.05) is 5.32 Å². The van der Waals surface area contributed by atoms with E-state index in [1.54, 1.807) is 44.2 Å². The second kappa shape index (κ2) is 10.0. The first kappa shape index (κ1) is 24.3. The highest BCUT2D eigenvalue weighted by Gasteiger charge is 2.29. The normalized spacial score (nSPS) is 12.4. The summed E-state index contributed by atoms with van der Waals surface area (Å²) in [4.78, 5) is 13.4. The van der Waals surface area contributed by atoms with Gasteiger partial charge < -0.3 is 5.32 Å². The van der Waals surface area contributed by atoms with E-state index in [1.165, 1.54) is 0 Å². The third-order valence-electron chi connectivity index (χ3n) is 4.98. The van der Waals surface area contributed by atoms with Gasteiger partial charge in [0.15, 0.2) is 0 Å². The maximum Gasteiger partial charge on any atom is 0.242 e. The maximum absolute atomic E-state index is 13.3. The van der Waals surface area contributed by atoms with Crippen molar-refractivity contribution in [3.05, 3.63) is 93.0 Å². The third kappa shape index (κ3) is 5.70. The number of hydrogen-bond acceptors (Lipinski definition) is 3. The minimum atomic E-state index is -3.99. The van der Waals surface area contributed by atoms with Gasteiger partial charge in [-0.2, -0.15) is 4.72 Å². The molecule has 168 valence electrons. The molecule has 0 aliphatic rings. The molecule has 0 aliphatic heterocycles. The lowest BCUT2D eigenvalue weighted by atomic mass is 10.1. The molecule has 0 aromatic heterocycles. The number of sulfonamides is 1. The second-order valence-electron chi connectivity index (χ2n) is 7.68. The number of rotatable bonds is 7. The Morgan fingerprint density at radius 1 is 0.906 bits per heavy atom. The fourth-order valence-electron chi connectivity index (χ4n) is 3.70. The van der Waals surface area contributed by atoms with Gasteiger partial charge in [0, 0.05) is 0 Å². The number of halogens is 2. The Hall–Kier alpha value is -2.38. The quantitative estimate of drug-likeness (QED) is 0.462. The van der Waals surface area contributed by atoms with Crippen LogP contribution < -0.4 is 10.0 Å². The van der Waals surface area contributed by atoms with Crippen LogP contribution in [0, 0.1) is 20.8 Å². The number of aryl methyl sites for hydroxylation is 3. The van der Waals surface area contributed by atoms with Crippen LogP contribution in [0.15, 0.2) is 65.6 Å². The van der Waals surface area contributed by atoms with Crippen molar-refractivity contribution < 1.29 is 13.2 Å². The standard InChI is InChI=1S/C24H24Cl2N2O3S/c1-15-12-16(2)23(17(3)13-15)32(30,31)28-21(14-18-8-5-4-6-9-18)24(29)27-22-19(25)10-7-11-20(22)26/h4-13,21,28H,14H2,1-3H3,(H,27,29)/t21-/m0/s1. The molecule has 1 amide bonds. The summed E-state index contributed by atoms with van der Waals surface area (Å²) in [5.41, 5.74) is 3.23. The first-order valence-corrected chi connectivity index (χ1v) is 12.2. The predicted molar refractivity (Wildman–Crippen MR) is 130 cm³/mol. The molecule has 0 aliphatic carbocycles. The van der Waals surface area contributed by atoms with Gasteiger partial charge >= 0.3 is 0 Å². The molecule has 3 aromatic carbocycles. The number of carbonyl (C=O) groups excluding carboxylic acids is 1. The lowest BCUT2D eigenvalue weighted by Crippen LogP contribution is -2.45. The third-order valence-corrected chi connectivity index (χ3v) is 7.39. The molecule has 1 atom stereocenters. The fraction of sp³-hybridized carbons (Fsp3) is 0.208. The van der Waals surface area contributed by atoms with Gasteiger partial charge in [-0.3, -0.25) is 4.79 Å². The van der Waals surface area contributed by atoms with Crippen molar-refractivity contribution in [3.8, 4) is 0 Å². The first-order chi connectivity index (χ1) is 15.1. The zero-order valence-electron chi connectivity index (χ0n) is 17.9. The molecule has 3 aromatic rings. The Morgan fingerprint density at radius 3 is 2.03 bits per heavy atom. The fourth-order valence-corrected chi connectivity index (χ4v) is 5.84. The van der Waals surface area contributed by atoms with Gasteiger partial charge in [0.05, 0.1) is 20.6 Å². The average molecular weight is 491 g/mol. The van der Waals surface area contributed by atoms with E-state index in [1.807, 2.05) is 37.3 Å². The van der Waals surface area contributed by atoms with E-state index < -0.39 is 22.0 Å². The second-order valence-corrected chi connectivity index (χ2v) is 10.1. The molecule has 0 radical (unpaired) electrons. The molecular formula is C24H24Cl2N2O3S. The minimum absolute atomic E-state index is 0.151. The van der Waals surface area contributed by atoms with Crippen LogP contribution in [-0.2, 0) is 21.2 Å². The van der Waals surface area contributed by atoms with Crippen LogP contribution in [0.25, 0.3) is 0 Å². The van der Waals surface area contributed by atoms with E-state index in [4.69, 9.17) is 23.2 Å². The van der Waals surface area contributed by atoms with Crippen LogP contribution in [0.2, 0.25) is 10.0 Å². The van der Waals surface area contributed by atoms with Crippen LogP contribution in [0.4, 0.5) is 5.69 Å². The summed E-state index contributed by atoms with van der Waals surface area (Å²) in [7, 11) is -3.99. The van der Waals surface area contributed by atoms with Gasteiger partial charge in [0.2, 0.25) is 15.9 Å². The smallest absolute Gasteiger partial charge is 0.242 e. The number of carbonyl (C=O) groups is 1. The maximum atomic E-state index is 13.3. The van der Waals surface area contributed by atoms with Crippen molar-refractivity contribution in [1.29, 1.82) is 0 Å². The van der Waals surface area contributed by atoms with E-state index in [9.17, 15) is 13.2 Å². The van der Waals surface area contributed by atoms with Crippen LogP contribution in [0.5, 0.6) is 0 Å². The summed E-state index contributed by atoms with van der Waals surface area (Å²) in [5.74, 6) is -0.560. The van der Waals surface area contributed by atoms with Crippen molar-refractivity contribution >= 4 is 44.8 Å². The minimum Gasteiger partial charge on any atom is -0.322 e. The lowest BCUT2D eigenvalue weighted by molar-refractivity contribution is -0.117. The van der Waals surface area contributed by atoms with Gasteiger partial charge in [-0.25, -0.2) is 8.42 Å². The monoisotopic (exact) mass is 490 g/mol. The molecule has 0 heterocycles. The zero-order chi connectivity index (χ0) is 23.5. The SMILES string of the molecule is Cc1cc(C)c(S(=O)(=O)N[C@@H](Cc2ccccc2)C(=O)Nc2c(Cl)cccc2Cl)c(C)c1. The molecule has 0 saturated heterocycles. The van der Waals surface area contributed by atoms with Crippen molar-refractivity contribution in [1.82, 2.24) is 4.72 Å². The Balaban J connectivity index is 1.97. The van der Waals surface area contributed by atoms with Gasteiger partial charge in [0.25, 0.3) is 0 Å². The zero-order valence-corrected chi connectivity index (χ0v) is 20.3.